The average molecular weight is 468 g/mol. The molecular weight excluding hydrogens is 449 g/mol. The molecule has 0 radical (unpaired) electrons. The number of fused-ring (bicyclic) bond motifs is 3. The highest BCUT2D eigenvalue weighted by atomic mass is 35.5. The van der Waals surface area contributed by atoms with Crippen molar-refractivity contribution in [3.63, 3.8) is 0 Å². The number of rotatable bonds is 4. The molecule has 1 aliphatic rings. The SMILES string of the molecule is COc1ccc(-c2cc(=O)oc3c4c(ccc23)OCN(Cc2ccc(Cl)cc2Cl)C4)cc1. The summed E-state index contributed by atoms with van der Waals surface area (Å²) >= 11 is 12.4. The van der Waals surface area contributed by atoms with E-state index >= 15 is 0 Å². The van der Waals surface area contributed by atoms with Crippen molar-refractivity contribution in [2.45, 2.75) is 13.1 Å². The first-order valence-corrected chi connectivity index (χ1v) is 10.8. The molecule has 0 unspecified atom stereocenters. The van der Waals surface area contributed by atoms with Crippen LogP contribution in [0.2, 0.25) is 10.0 Å². The lowest BCUT2D eigenvalue weighted by Gasteiger charge is -2.29. The van der Waals surface area contributed by atoms with Crippen LogP contribution < -0.4 is 15.1 Å². The van der Waals surface area contributed by atoms with E-state index in [2.05, 4.69) is 4.90 Å². The summed E-state index contributed by atoms with van der Waals surface area (Å²) in [6.07, 6.45) is 0. The molecule has 32 heavy (non-hydrogen) atoms. The van der Waals surface area contributed by atoms with E-state index in [4.69, 9.17) is 37.1 Å². The zero-order valence-corrected chi connectivity index (χ0v) is 18.7. The largest absolute Gasteiger partial charge is 0.497 e. The third-order valence-electron chi connectivity index (χ3n) is 5.57. The van der Waals surface area contributed by atoms with Crippen LogP contribution in [0.1, 0.15) is 11.1 Å². The molecule has 0 fully saturated rings. The second-order valence-electron chi connectivity index (χ2n) is 7.62. The van der Waals surface area contributed by atoms with E-state index in [0.717, 1.165) is 33.4 Å². The Morgan fingerprint density at radius 3 is 2.59 bits per heavy atom. The topological polar surface area (TPSA) is 51.9 Å². The van der Waals surface area contributed by atoms with E-state index in [9.17, 15) is 4.79 Å². The van der Waals surface area contributed by atoms with Crippen molar-refractivity contribution in [1.29, 1.82) is 0 Å². The highest BCUT2D eigenvalue weighted by molar-refractivity contribution is 6.35. The van der Waals surface area contributed by atoms with Crippen molar-refractivity contribution < 1.29 is 13.9 Å². The Hall–Kier alpha value is -2.99. The second-order valence-corrected chi connectivity index (χ2v) is 8.47. The van der Waals surface area contributed by atoms with E-state index in [-0.39, 0.29) is 0 Å². The van der Waals surface area contributed by atoms with Gasteiger partial charge in [0.25, 0.3) is 0 Å². The summed E-state index contributed by atoms with van der Waals surface area (Å²) in [7, 11) is 1.62. The standard InChI is InChI=1S/C25H19Cl2NO4/c1-30-18-6-3-15(4-7-18)20-11-24(29)32-25-19(20)8-9-23-21(25)13-28(14-31-23)12-16-2-5-17(26)10-22(16)27/h2-11H,12-14H2,1H3. The smallest absolute Gasteiger partial charge is 0.336 e. The van der Waals surface area contributed by atoms with Crippen molar-refractivity contribution in [3.05, 3.63) is 92.3 Å². The molecule has 1 aromatic heterocycles. The number of halogens is 2. The van der Waals surface area contributed by atoms with Crippen LogP contribution >= 0.6 is 23.2 Å². The van der Waals surface area contributed by atoms with E-state index in [1.165, 1.54) is 6.07 Å². The van der Waals surface area contributed by atoms with Crippen molar-refractivity contribution in [2.75, 3.05) is 13.8 Å². The summed E-state index contributed by atoms with van der Waals surface area (Å²) in [5.41, 5.74) is 3.63. The van der Waals surface area contributed by atoms with Crippen LogP contribution in [-0.2, 0) is 13.1 Å². The summed E-state index contributed by atoms with van der Waals surface area (Å²) in [6, 6.07) is 18.4. The average Bonchev–Trinajstić information content (AvgIpc) is 2.80. The van der Waals surface area contributed by atoms with Gasteiger partial charge in [0.15, 0.2) is 0 Å². The van der Waals surface area contributed by atoms with Gasteiger partial charge in [0.2, 0.25) is 0 Å². The molecule has 1 aliphatic heterocycles. The molecule has 0 atom stereocenters. The first-order valence-electron chi connectivity index (χ1n) is 10.0. The predicted octanol–water partition coefficient (Wildman–Crippen LogP) is 6.13. The maximum atomic E-state index is 12.5. The lowest BCUT2D eigenvalue weighted by molar-refractivity contribution is 0.0890. The Morgan fingerprint density at radius 1 is 1.03 bits per heavy atom. The molecule has 0 aliphatic carbocycles. The van der Waals surface area contributed by atoms with E-state index in [1.807, 2.05) is 48.5 Å². The normalized spacial score (nSPS) is 13.6. The van der Waals surface area contributed by atoms with Crippen LogP contribution in [0.4, 0.5) is 0 Å². The molecule has 162 valence electrons. The first-order chi connectivity index (χ1) is 15.5. The molecule has 0 saturated carbocycles. The van der Waals surface area contributed by atoms with Crippen molar-refractivity contribution in [1.82, 2.24) is 4.90 Å². The molecule has 0 amide bonds. The van der Waals surface area contributed by atoms with Gasteiger partial charge in [-0.3, -0.25) is 4.90 Å². The molecular formula is C25H19Cl2NO4. The van der Waals surface area contributed by atoms with Crippen LogP contribution in [0.5, 0.6) is 11.5 Å². The van der Waals surface area contributed by atoms with Gasteiger partial charge in [-0.2, -0.15) is 0 Å². The van der Waals surface area contributed by atoms with Crippen LogP contribution in [0, 0.1) is 0 Å². The van der Waals surface area contributed by atoms with Gasteiger partial charge in [0.1, 0.15) is 23.8 Å². The Morgan fingerprint density at radius 2 is 1.84 bits per heavy atom. The fraction of sp³-hybridized carbons (Fsp3) is 0.160. The third kappa shape index (κ3) is 3.95. The van der Waals surface area contributed by atoms with Gasteiger partial charge in [-0.1, -0.05) is 41.4 Å². The van der Waals surface area contributed by atoms with Gasteiger partial charge in [0, 0.05) is 34.6 Å². The van der Waals surface area contributed by atoms with E-state index in [0.29, 0.717) is 41.2 Å². The van der Waals surface area contributed by atoms with Crippen LogP contribution in [0.25, 0.3) is 22.1 Å². The summed E-state index contributed by atoms with van der Waals surface area (Å²) in [5, 5.41) is 2.05. The minimum atomic E-state index is -0.408. The maximum absolute atomic E-state index is 12.5. The Labute approximate surface area is 194 Å². The lowest BCUT2D eigenvalue weighted by Crippen LogP contribution is -2.31. The van der Waals surface area contributed by atoms with Crippen LogP contribution in [0.3, 0.4) is 0 Å². The first kappa shape index (κ1) is 20.9. The summed E-state index contributed by atoms with van der Waals surface area (Å²) < 4.78 is 16.9. The molecule has 7 heteroatoms. The van der Waals surface area contributed by atoms with Gasteiger partial charge in [-0.25, -0.2) is 4.79 Å². The monoisotopic (exact) mass is 467 g/mol. The molecule has 0 bridgehead atoms. The Balaban J connectivity index is 1.54. The lowest BCUT2D eigenvalue weighted by atomic mass is 9.99. The summed E-state index contributed by atoms with van der Waals surface area (Å²) in [5.74, 6) is 1.47. The second kappa shape index (κ2) is 8.51. The molecule has 2 heterocycles. The number of ether oxygens (including phenoxy) is 2. The van der Waals surface area contributed by atoms with Crippen molar-refractivity contribution >= 4 is 34.2 Å². The quantitative estimate of drug-likeness (QED) is 0.338. The fourth-order valence-electron chi connectivity index (χ4n) is 3.98. The molecule has 5 nitrogen and oxygen atoms in total. The minimum Gasteiger partial charge on any atom is -0.497 e. The molecule has 0 N–H and O–H groups in total. The van der Waals surface area contributed by atoms with Gasteiger partial charge in [-0.15, -0.1) is 0 Å². The predicted molar refractivity (Wildman–Crippen MR) is 126 cm³/mol. The number of hydrogen-bond acceptors (Lipinski definition) is 5. The number of nitrogens with zero attached hydrogens (tertiary/aromatic N) is 1. The zero-order chi connectivity index (χ0) is 22.2. The maximum Gasteiger partial charge on any atom is 0.336 e. The highest BCUT2D eigenvalue weighted by Gasteiger charge is 2.23. The zero-order valence-electron chi connectivity index (χ0n) is 17.2. The summed E-state index contributed by atoms with van der Waals surface area (Å²) in [4.78, 5) is 14.6. The minimum absolute atomic E-state index is 0.403. The molecule has 0 saturated heterocycles. The Bertz CT molecular complexity index is 1370. The van der Waals surface area contributed by atoms with E-state index < -0.39 is 5.63 Å². The molecule has 0 spiro atoms. The van der Waals surface area contributed by atoms with Crippen molar-refractivity contribution in [2.24, 2.45) is 0 Å². The fourth-order valence-corrected chi connectivity index (χ4v) is 4.45. The van der Waals surface area contributed by atoms with Crippen LogP contribution in [-0.4, -0.2) is 18.7 Å². The van der Waals surface area contributed by atoms with Crippen molar-refractivity contribution in [3.8, 4) is 22.6 Å². The highest BCUT2D eigenvalue weighted by Crippen LogP contribution is 2.37. The van der Waals surface area contributed by atoms with Gasteiger partial charge in [0.05, 0.1) is 12.7 Å². The number of methoxy groups -OCH3 is 1. The van der Waals surface area contributed by atoms with Gasteiger partial charge < -0.3 is 13.9 Å². The van der Waals surface area contributed by atoms with E-state index in [1.54, 1.807) is 13.2 Å². The third-order valence-corrected chi connectivity index (χ3v) is 6.15. The molecule has 5 rings (SSSR count). The number of hydrogen-bond donors (Lipinski definition) is 0. The Kier molecular flexibility index (Phi) is 5.55. The molecule has 3 aromatic carbocycles. The number of benzene rings is 3. The summed E-state index contributed by atoms with van der Waals surface area (Å²) in [6.45, 7) is 1.54. The van der Waals surface area contributed by atoms with Gasteiger partial charge in [-0.05, 0) is 53.1 Å². The van der Waals surface area contributed by atoms with Gasteiger partial charge >= 0.3 is 5.63 Å². The molecule has 4 aromatic rings. The van der Waals surface area contributed by atoms with Crippen LogP contribution in [0.15, 0.2) is 69.9 Å².